The summed E-state index contributed by atoms with van der Waals surface area (Å²) in [5, 5.41) is 10.2. The molecule has 3 rings (SSSR count). The van der Waals surface area contributed by atoms with E-state index in [4.69, 9.17) is 16.3 Å². The van der Waals surface area contributed by atoms with Crippen LogP contribution < -0.4 is 0 Å². The van der Waals surface area contributed by atoms with Crippen LogP contribution in [0.4, 0.5) is 0 Å². The van der Waals surface area contributed by atoms with Crippen molar-refractivity contribution in [2.24, 2.45) is 5.41 Å². The number of halogens is 1. The highest BCUT2D eigenvalue weighted by atomic mass is 35.5. The Labute approximate surface area is 190 Å². The van der Waals surface area contributed by atoms with Gasteiger partial charge in [-0.2, -0.15) is 0 Å². The van der Waals surface area contributed by atoms with Gasteiger partial charge in [0.15, 0.2) is 6.10 Å². The second kappa shape index (κ2) is 10.6. The van der Waals surface area contributed by atoms with Crippen molar-refractivity contribution in [2.45, 2.75) is 32.9 Å². The molecule has 0 aliphatic carbocycles. The lowest BCUT2D eigenvalue weighted by Gasteiger charge is -2.40. The lowest BCUT2D eigenvalue weighted by Crippen LogP contribution is -2.49. The molecule has 2 aromatic rings. The van der Waals surface area contributed by atoms with Crippen LogP contribution in [0, 0.1) is 5.41 Å². The second-order valence-corrected chi connectivity index (χ2v) is 9.63. The first-order chi connectivity index (χ1) is 14.8. The van der Waals surface area contributed by atoms with E-state index in [0.29, 0.717) is 6.61 Å². The van der Waals surface area contributed by atoms with E-state index in [0.717, 1.165) is 37.7 Å². The van der Waals surface area contributed by atoms with E-state index in [1.807, 2.05) is 39.0 Å². The molecule has 0 radical (unpaired) electrons. The minimum Gasteiger partial charge on any atom is -0.479 e. The van der Waals surface area contributed by atoms with Gasteiger partial charge in [-0.3, -0.25) is 9.80 Å². The number of hydrogen-bond donors (Lipinski definition) is 1. The van der Waals surface area contributed by atoms with Gasteiger partial charge in [-0.1, -0.05) is 74.8 Å². The lowest BCUT2D eigenvalue weighted by atomic mass is 9.89. The van der Waals surface area contributed by atoms with E-state index < -0.39 is 17.5 Å². The maximum atomic E-state index is 11.5. The van der Waals surface area contributed by atoms with Crippen molar-refractivity contribution in [1.29, 1.82) is 0 Å². The number of benzene rings is 2. The predicted molar refractivity (Wildman–Crippen MR) is 125 cm³/mol. The molecule has 1 aliphatic rings. The minimum absolute atomic E-state index is 0.189. The Morgan fingerprint density at radius 3 is 2.13 bits per heavy atom. The van der Waals surface area contributed by atoms with Gasteiger partial charge in [0.25, 0.3) is 0 Å². The van der Waals surface area contributed by atoms with Crippen LogP contribution in [-0.2, 0) is 9.53 Å². The van der Waals surface area contributed by atoms with Crippen LogP contribution in [-0.4, -0.2) is 66.3 Å². The zero-order valence-corrected chi connectivity index (χ0v) is 19.4. The SMILES string of the molecule is CC(C)(C)C(OCCN1CCN(C(c2ccccc2)c2ccc(Cl)cc2)CC1)C(=O)O. The van der Waals surface area contributed by atoms with Crippen molar-refractivity contribution in [2.75, 3.05) is 39.3 Å². The van der Waals surface area contributed by atoms with Crippen LogP contribution in [0.5, 0.6) is 0 Å². The average molecular weight is 445 g/mol. The maximum Gasteiger partial charge on any atom is 0.333 e. The monoisotopic (exact) mass is 444 g/mol. The van der Waals surface area contributed by atoms with Crippen molar-refractivity contribution in [3.05, 3.63) is 70.7 Å². The Kier molecular flexibility index (Phi) is 8.11. The highest BCUT2D eigenvalue weighted by molar-refractivity contribution is 6.30. The maximum absolute atomic E-state index is 11.5. The highest BCUT2D eigenvalue weighted by Gasteiger charge is 2.32. The molecule has 1 saturated heterocycles. The van der Waals surface area contributed by atoms with Crippen LogP contribution in [0.15, 0.2) is 54.6 Å². The largest absolute Gasteiger partial charge is 0.479 e. The normalized spacial score (nSPS) is 17.9. The molecule has 0 saturated carbocycles. The summed E-state index contributed by atoms with van der Waals surface area (Å²) in [6.45, 7) is 10.6. The van der Waals surface area contributed by atoms with Crippen molar-refractivity contribution >= 4 is 17.6 Å². The van der Waals surface area contributed by atoms with Crippen molar-refractivity contribution in [3.63, 3.8) is 0 Å². The Bertz CT molecular complexity index is 828. The Hall–Kier alpha value is -1.92. The van der Waals surface area contributed by atoms with E-state index in [2.05, 4.69) is 46.2 Å². The molecule has 2 unspecified atom stereocenters. The molecule has 0 aromatic heterocycles. The van der Waals surface area contributed by atoms with Crippen molar-refractivity contribution in [1.82, 2.24) is 9.80 Å². The Morgan fingerprint density at radius 2 is 1.58 bits per heavy atom. The zero-order chi connectivity index (χ0) is 22.4. The van der Waals surface area contributed by atoms with Gasteiger partial charge in [0.1, 0.15) is 0 Å². The smallest absolute Gasteiger partial charge is 0.333 e. The van der Waals surface area contributed by atoms with Crippen LogP contribution in [0.1, 0.15) is 37.9 Å². The molecule has 1 N–H and O–H groups in total. The Balaban J connectivity index is 1.60. The molecule has 0 amide bonds. The predicted octanol–water partition coefficient (Wildman–Crippen LogP) is 4.56. The first-order valence-electron chi connectivity index (χ1n) is 10.9. The number of carbonyl (C=O) groups is 1. The van der Waals surface area contributed by atoms with Gasteiger partial charge in [-0.15, -0.1) is 0 Å². The zero-order valence-electron chi connectivity index (χ0n) is 18.6. The fourth-order valence-electron chi connectivity index (χ4n) is 4.13. The van der Waals surface area contributed by atoms with E-state index in [9.17, 15) is 9.90 Å². The summed E-state index contributed by atoms with van der Waals surface area (Å²) in [4.78, 5) is 16.3. The molecular weight excluding hydrogens is 412 g/mol. The van der Waals surface area contributed by atoms with Crippen molar-refractivity contribution in [3.8, 4) is 0 Å². The average Bonchev–Trinajstić information content (AvgIpc) is 2.73. The third-order valence-corrected chi connectivity index (χ3v) is 6.03. The van der Waals surface area contributed by atoms with Gasteiger partial charge >= 0.3 is 5.97 Å². The number of hydrogen-bond acceptors (Lipinski definition) is 4. The van der Waals surface area contributed by atoms with E-state index in [1.54, 1.807) is 0 Å². The molecule has 2 aromatic carbocycles. The third kappa shape index (κ3) is 6.53. The summed E-state index contributed by atoms with van der Waals surface area (Å²) in [6.07, 6.45) is -0.791. The molecular formula is C25H33ClN2O3. The molecule has 1 heterocycles. The third-order valence-electron chi connectivity index (χ3n) is 5.78. The number of rotatable bonds is 8. The number of carboxylic acids is 1. The summed E-state index contributed by atoms with van der Waals surface area (Å²) < 4.78 is 5.73. The van der Waals surface area contributed by atoms with Crippen LogP contribution in [0.25, 0.3) is 0 Å². The summed E-state index contributed by atoms with van der Waals surface area (Å²) in [7, 11) is 0. The van der Waals surface area contributed by atoms with E-state index in [-0.39, 0.29) is 6.04 Å². The second-order valence-electron chi connectivity index (χ2n) is 9.20. The summed E-state index contributed by atoms with van der Waals surface area (Å²) in [5.41, 5.74) is 2.09. The topological polar surface area (TPSA) is 53.0 Å². The van der Waals surface area contributed by atoms with E-state index in [1.165, 1.54) is 11.1 Å². The molecule has 31 heavy (non-hydrogen) atoms. The van der Waals surface area contributed by atoms with Gasteiger partial charge in [0, 0.05) is 37.7 Å². The van der Waals surface area contributed by atoms with Gasteiger partial charge in [0.2, 0.25) is 0 Å². The fraction of sp³-hybridized carbons (Fsp3) is 0.480. The molecule has 2 atom stereocenters. The number of nitrogens with zero attached hydrogens (tertiary/aromatic N) is 2. The molecule has 1 aliphatic heterocycles. The fourth-order valence-corrected chi connectivity index (χ4v) is 4.26. The van der Waals surface area contributed by atoms with Gasteiger partial charge < -0.3 is 9.84 Å². The molecule has 168 valence electrons. The number of piperazine rings is 1. The van der Waals surface area contributed by atoms with Crippen LogP contribution >= 0.6 is 11.6 Å². The lowest BCUT2D eigenvalue weighted by molar-refractivity contribution is -0.158. The van der Waals surface area contributed by atoms with Crippen molar-refractivity contribution < 1.29 is 14.6 Å². The van der Waals surface area contributed by atoms with Gasteiger partial charge in [-0.05, 0) is 28.7 Å². The molecule has 5 nitrogen and oxygen atoms in total. The number of ether oxygens (including phenoxy) is 1. The number of aliphatic carboxylic acids is 1. The minimum atomic E-state index is -0.897. The summed E-state index contributed by atoms with van der Waals surface area (Å²) in [5.74, 6) is -0.897. The molecule has 6 heteroatoms. The van der Waals surface area contributed by atoms with Gasteiger partial charge in [-0.25, -0.2) is 4.79 Å². The first-order valence-corrected chi connectivity index (χ1v) is 11.2. The standard InChI is InChI=1S/C25H33ClN2O3/c1-25(2,3)23(24(29)30)31-18-17-27-13-15-28(16-14-27)22(19-7-5-4-6-8-19)20-9-11-21(26)12-10-20/h4-12,22-23H,13-18H2,1-3H3,(H,29,30). The molecule has 1 fully saturated rings. The van der Waals surface area contributed by atoms with E-state index >= 15 is 0 Å². The van der Waals surface area contributed by atoms with Gasteiger partial charge in [0.05, 0.1) is 12.6 Å². The highest BCUT2D eigenvalue weighted by Crippen LogP contribution is 2.30. The molecule has 0 spiro atoms. The summed E-state index contributed by atoms with van der Waals surface area (Å²) >= 11 is 6.12. The van der Waals surface area contributed by atoms with Crippen LogP contribution in [0.3, 0.4) is 0 Å². The van der Waals surface area contributed by atoms with Crippen LogP contribution in [0.2, 0.25) is 5.02 Å². The molecule has 0 bridgehead atoms. The summed E-state index contributed by atoms with van der Waals surface area (Å²) in [6, 6.07) is 18.9. The Morgan fingerprint density at radius 1 is 1.00 bits per heavy atom. The first kappa shape index (κ1) is 23.7. The quantitative estimate of drug-likeness (QED) is 0.646. The number of carboxylic acid groups (broad SMARTS) is 1.